The third-order valence-electron chi connectivity index (χ3n) is 4.23. The molecule has 0 radical (unpaired) electrons. The van der Waals surface area contributed by atoms with Gasteiger partial charge in [-0.25, -0.2) is 0 Å². The second-order valence-corrected chi connectivity index (χ2v) is 5.83. The molecule has 0 heterocycles. The Bertz CT molecular complexity index is 597. The molecule has 0 unspecified atom stereocenters. The van der Waals surface area contributed by atoms with Crippen LogP contribution in [-0.2, 0) is 4.79 Å². The molecular formula is C19H21NO. The van der Waals surface area contributed by atoms with Crippen molar-refractivity contribution in [3.63, 3.8) is 0 Å². The zero-order valence-corrected chi connectivity index (χ0v) is 12.5. The smallest absolute Gasteiger partial charge is 0.234 e. The number of para-hydroxylation sites is 1. The predicted molar refractivity (Wildman–Crippen MR) is 86.7 cm³/mol. The molecule has 2 heteroatoms. The fourth-order valence-electron chi connectivity index (χ4n) is 3.03. The minimum absolute atomic E-state index is 0.173. The highest BCUT2D eigenvalue weighted by Gasteiger charge is 2.28. The van der Waals surface area contributed by atoms with Gasteiger partial charge in [0.25, 0.3) is 0 Å². The molecule has 1 saturated carbocycles. The Morgan fingerprint density at radius 2 is 1.48 bits per heavy atom. The van der Waals surface area contributed by atoms with Crippen LogP contribution in [0.15, 0.2) is 54.6 Å². The van der Waals surface area contributed by atoms with Crippen molar-refractivity contribution < 1.29 is 4.79 Å². The Hall–Kier alpha value is -2.09. The van der Waals surface area contributed by atoms with Crippen molar-refractivity contribution in [3.8, 4) is 0 Å². The third-order valence-corrected chi connectivity index (χ3v) is 4.23. The van der Waals surface area contributed by atoms with Gasteiger partial charge in [0, 0.05) is 17.3 Å². The van der Waals surface area contributed by atoms with E-state index >= 15 is 0 Å². The third kappa shape index (κ3) is 2.99. The Balaban J connectivity index is 1.98. The van der Waals surface area contributed by atoms with E-state index in [4.69, 9.17) is 0 Å². The van der Waals surface area contributed by atoms with E-state index < -0.39 is 0 Å². The fraction of sp³-hybridized carbons (Fsp3) is 0.316. The lowest BCUT2D eigenvalue weighted by Gasteiger charge is -2.26. The molecule has 3 rings (SSSR count). The standard InChI is InChI=1S/C19H21NO/c1-15-11-13-18(14-12-15)20(17-9-3-2-4-10-17)19(21)16-7-5-6-8-16/h2-4,9-14,16H,5-8H2,1H3. The molecule has 0 spiro atoms. The van der Waals surface area contributed by atoms with Crippen molar-refractivity contribution in [2.75, 3.05) is 4.90 Å². The Morgan fingerprint density at radius 1 is 0.905 bits per heavy atom. The number of hydrogen-bond donors (Lipinski definition) is 0. The van der Waals surface area contributed by atoms with Gasteiger partial charge in [0.15, 0.2) is 0 Å². The van der Waals surface area contributed by atoms with Crippen LogP contribution in [0.1, 0.15) is 31.2 Å². The van der Waals surface area contributed by atoms with Crippen LogP contribution in [-0.4, -0.2) is 5.91 Å². The van der Waals surface area contributed by atoms with Crippen molar-refractivity contribution in [2.24, 2.45) is 5.92 Å². The summed E-state index contributed by atoms with van der Waals surface area (Å²) in [4.78, 5) is 14.8. The Morgan fingerprint density at radius 3 is 2.10 bits per heavy atom. The highest BCUT2D eigenvalue weighted by molar-refractivity contribution is 6.01. The summed E-state index contributed by atoms with van der Waals surface area (Å²) in [6, 6.07) is 18.2. The number of aryl methyl sites for hydroxylation is 1. The average Bonchev–Trinajstić information content (AvgIpc) is 3.05. The molecule has 2 nitrogen and oxygen atoms in total. The first-order valence-corrected chi connectivity index (χ1v) is 7.71. The molecule has 0 aromatic heterocycles. The maximum absolute atomic E-state index is 13.0. The molecule has 1 aliphatic carbocycles. The van der Waals surface area contributed by atoms with Crippen LogP contribution >= 0.6 is 0 Å². The van der Waals surface area contributed by atoms with Crippen molar-refractivity contribution in [1.29, 1.82) is 0 Å². The number of amides is 1. The molecular weight excluding hydrogens is 258 g/mol. The monoisotopic (exact) mass is 279 g/mol. The van der Waals surface area contributed by atoms with E-state index in [0.717, 1.165) is 24.2 Å². The predicted octanol–water partition coefficient (Wildman–Crippen LogP) is 4.85. The maximum Gasteiger partial charge on any atom is 0.234 e. The van der Waals surface area contributed by atoms with Crippen molar-refractivity contribution in [3.05, 3.63) is 60.2 Å². The quantitative estimate of drug-likeness (QED) is 0.786. The van der Waals surface area contributed by atoms with Crippen LogP contribution in [0.3, 0.4) is 0 Å². The first kappa shape index (κ1) is 13.9. The van der Waals surface area contributed by atoms with E-state index in [2.05, 4.69) is 19.1 Å². The number of rotatable bonds is 3. The van der Waals surface area contributed by atoms with Gasteiger partial charge < -0.3 is 0 Å². The van der Waals surface area contributed by atoms with Gasteiger partial charge in [-0.3, -0.25) is 9.69 Å². The van der Waals surface area contributed by atoms with E-state index in [1.165, 1.54) is 18.4 Å². The molecule has 0 bridgehead atoms. The normalized spacial score (nSPS) is 15.1. The number of carbonyl (C=O) groups excluding carboxylic acids is 1. The van der Waals surface area contributed by atoms with Crippen LogP contribution in [0.2, 0.25) is 0 Å². The summed E-state index contributed by atoms with van der Waals surface area (Å²) in [5, 5.41) is 0. The lowest BCUT2D eigenvalue weighted by Crippen LogP contribution is -2.31. The number of anilines is 2. The zero-order valence-electron chi connectivity index (χ0n) is 12.5. The largest absolute Gasteiger partial charge is 0.281 e. The first-order chi connectivity index (χ1) is 10.3. The average molecular weight is 279 g/mol. The highest BCUT2D eigenvalue weighted by Crippen LogP contribution is 2.33. The van der Waals surface area contributed by atoms with E-state index in [-0.39, 0.29) is 11.8 Å². The summed E-state index contributed by atoms with van der Waals surface area (Å²) in [7, 11) is 0. The van der Waals surface area contributed by atoms with Gasteiger partial charge in [0.1, 0.15) is 0 Å². The van der Waals surface area contributed by atoms with Gasteiger partial charge >= 0.3 is 0 Å². The van der Waals surface area contributed by atoms with Gasteiger partial charge in [-0.1, -0.05) is 48.7 Å². The molecule has 0 saturated heterocycles. The maximum atomic E-state index is 13.0. The summed E-state index contributed by atoms with van der Waals surface area (Å²) in [6.45, 7) is 2.06. The van der Waals surface area contributed by atoms with Gasteiger partial charge in [0.2, 0.25) is 5.91 Å². The summed E-state index contributed by atoms with van der Waals surface area (Å²) >= 11 is 0. The van der Waals surface area contributed by atoms with Crippen LogP contribution < -0.4 is 4.90 Å². The molecule has 2 aromatic carbocycles. The number of nitrogens with zero attached hydrogens (tertiary/aromatic N) is 1. The zero-order chi connectivity index (χ0) is 14.7. The van der Waals surface area contributed by atoms with E-state index in [1.54, 1.807) is 0 Å². The van der Waals surface area contributed by atoms with Crippen molar-refractivity contribution in [1.82, 2.24) is 0 Å². The number of carbonyl (C=O) groups is 1. The summed E-state index contributed by atoms with van der Waals surface area (Å²) in [5.74, 6) is 0.411. The van der Waals surface area contributed by atoms with Gasteiger partial charge in [-0.05, 0) is 44.0 Å². The topological polar surface area (TPSA) is 20.3 Å². The van der Waals surface area contributed by atoms with Gasteiger partial charge in [-0.2, -0.15) is 0 Å². The van der Waals surface area contributed by atoms with Crippen molar-refractivity contribution in [2.45, 2.75) is 32.6 Å². The van der Waals surface area contributed by atoms with Gasteiger partial charge in [0.05, 0.1) is 0 Å². The minimum atomic E-state index is 0.173. The van der Waals surface area contributed by atoms with Crippen molar-refractivity contribution >= 4 is 17.3 Å². The molecule has 108 valence electrons. The van der Waals surface area contributed by atoms with Crippen LogP contribution in [0, 0.1) is 12.8 Å². The van der Waals surface area contributed by atoms with E-state index in [1.807, 2.05) is 47.4 Å². The van der Waals surface area contributed by atoms with Gasteiger partial charge in [-0.15, -0.1) is 0 Å². The first-order valence-electron chi connectivity index (χ1n) is 7.71. The molecule has 21 heavy (non-hydrogen) atoms. The van der Waals surface area contributed by atoms with Crippen LogP contribution in [0.5, 0.6) is 0 Å². The number of hydrogen-bond acceptors (Lipinski definition) is 1. The second kappa shape index (κ2) is 6.13. The Labute approximate surface area is 126 Å². The minimum Gasteiger partial charge on any atom is -0.281 e. The molecule has 2 aromatic rings. The SMILES string of the molecule is Cc1ccc(N(C(=O)C2CCCC2)c2ccccc2)cc1. The van der Waals surface area contributed by atoms with Crippen LogP contribution in [0.25, 0.3) is 0 Å². The van der Waals surface area contributed by atoms with E-state index in [9.17, 15) is 4.79 Å². The molecule has 1 fully saturated rings. The molecule has 0 atom stereocenters. The summed E-state index contributed by atoms with van der Waals surface area (Å²) in [5.41, 5.74) is 3.13. The molecule has 1 aliphatic rings. The lowest BCUT2D eigenvalue weighted by atomic mass is 10.0. The second-order valence-electron chi connectivity index (χ2n) is 5.83. The number of benzene rings is 2. The molecule has 0 aliphatic heterocycles. The highest BCUT2D eigenvalue weighted by atomic mass is 16.2. The lowest BCUT2D eigenvalue weighted by molar-refractivity contribution is -0.121. The Kier molecular flexibility index (Phi) is 4.05. The summed E-state index contributed by atoms with van der Waals surface area (Å²) in [6.07, 6.45) is 4.39. The molecule has 0 N–H and O–H groups in total. The summed E-state index contributed by atoms with van der Waals surface area (Å²) < 4.78 is 0. The van der Waals surface area contributed by atoms with E-state index in [0.29, 0.717) is 0 Å². The fourth-order valence-corrected chi connectivity index (χ4v) is 3.03. The van der Waals surface area contributed by atoms with Crippen LogP contribution in [0.4, 0.5) is 11.4 Å². The molecule has 1 amide bonds.